The fourth-order valence-corrected chi connectivity index (χ4v) is 14.0. The lowest BCUT2D eigenvalue weighted by atomic mass is 9.33. The van der Waals surface area contributed by atoms with Crippen molar-refractivity contribution in [2.24, 2.45) is 0 Å². The Hall–Kier alpha value is -12.7. The SMILES string of the molecule is c1ccc(-c2ccc3c(c2)c2ccccc2n3-c2ccc(-c3nc(-c4ccccc4)nc(-c4ccccc4)n3)cc2-c2nc(-c3ccccc3)nc(-c3ccc(-c4ccc5c6c4N(c4ccccc4)c4ccccc4B6c4ccccc4N5c4ccccc4)cc3)n2)cc1. The molecule has 16 aromatic rings. The van der Waals surface area contributed by atoms with E-state index in [1.807, 2.05) is 78.9 Å². The first-order valence-electron chi connectivity index (χ1n) is 31.7. The fraction of sp³-hybridized carbons (Fsp3) is 0. The third-order valence-corrected chi connectivity index (χ3v) is 18.3. The maximum Gasteiger partial charge on any atom is 0.252 e. The van der Waals surface area contributed by atoms with Crippen molar-refractivity contribution in [3.05, 3.63) is 328 Å². The van der Waals surface area contributed by atoms with Crippen molar-refractivity contribution in [2.75, 3.05) is 9.80 Å². The Balaban J connectivity index is 0.843. The van der Waals surface area contributed by atoms with Crippen LogP contribution in [0.3, 0.4) is 0 Å². The molecule has 10 heteroatoms. The minimum atomic E-state index is -0.0313. The highest BCUT2D eigenvalue weighted by molar-refractivity contribution is 7.00. The van der Waals surface area contributed by atoms with Gasteiger partial charge in [0.05, 0.1) is 22.4 Å². The largest absolute Gasteiger partial charge is 0.311 e. The minimum absolute atomic E-state index is 0.0313. The van der Waals surface area contributed by atoms with Crippen LogP contribution in [0.4, 0.5) is 34.1 Å². The average Bonchev–Trinajstić information content (AvgIpc) is 0.835. The van der Waals surface area contributed by atoms with Crippen LogP contribution in [-0.4, -0.2) is 41.2 Å². The number of aromatic nitrogens is 7. The van der Waals surface area contributed by atoms with Crippen molar-refractivity contribution >= 4 is 79.0 Å². The summed E-state index contributed by atoms with van der Waals surface area (Å²) in [6.45, 7) is -0.0313. The molecule has 0 N–H and O–H groups in total. The summed E-state index contributed by atoms with van der Waals surface area (Å²) in [6.07, 6.45) is 0. The molecule has 0 amide bonds. The standard InChI is InChI=1S/C84H54BN9/c1-7-25-55(26-8-1)61-47-50-72-67(53-61)66-37-19-22-40-71(66)94(72)73-51-48-62(83-88-79(57-27-9-2-10-28-57)86-80(89-83)58-29-11-3-12-30-58)54-68(73)84-90-81(59-31-13-4-14-32-59)87-82(91-84)60-45-43-56(44-46-60)65-49-52-76-77-78(65)93(64-35-17-6-18-36-64)75-42-24-21-39-70(75)85(77)69-38-20-23-41-74(69)92(76)63-33-15-5-16-34-63/h1-54H. The second-order valence-electron chi connectivity index (χ2n) is 23.8. The van der Waals surface area contributed by atoms with E-state index < -0.39 is 0 Å². The Labute approximate surface area is 544 Å². The summed E-state index contributed by atoms with van der Waals surface area (Å²) in [5.74, 6) is 3.21. The molecule has 438 valence electrons. The van der Waals surface area contributed by atoms with Crippen LogP contribution in [0, 0.1) is 0 Å². The van der Waals surface area contributed by atoms with Crippen molar-refractivity contribution in [3.8, 4) is 96.3 Å². The Morgan fingerprint density at radius 1 is 0.234 bits per heavy atom. The molecule has 0 atom stereocenters. The zero-order valence-corrected chi connectivity index (χ0v) is 50.8. The van der Waals surface area contributed by atoms with E-state index in [1.165, 1.54) is 22.1 Å². The van der Waals surface area contributed by atoms with Gasteiger partial charge in [0.15, 0.2) is 34.9 Å². The summed E-state index contributed by atoms with van der Waals surface area (Å²) < 4.78 is 2.35. The molecule has 2 aliphatic heterocycles. The zero-order valence-electron chi connectivity index (χ0n) is 50.8. The van der Waals surface area contributed by atoms with Crippen molar-refractivity contribution in [2.45, 2.75) is 0 Å². The Morgan fingerprint density at radius 3 is 1.21 bits per heavy atom. The molecular formula is C84H54BN9. The van der Waals surface area contributed by atoms with Crippen LogP contribution in [0.5, 0.6) is 0 Å². The van der Waals surface area contributed by atoms with Gasteiger partial charge in [0.2, 0.25) is 0 Å². The number of fused-ring (bicyclic) bond motifs is 7. The lowest BCUT2D eigenvalue weighted by Crippen LogP contribution is -2.61. The highest BCUT2D eigenvalue weighted by Gasteiger charge is 2.44. The third kappa shape index (κ3) is 9.26. The van der Waals surface area contributed by atoms with Gasteiger partial charge in [-0.25, -0.2) is 29.9 Å². The first-order valence-corrected chi connectivity index (χ1v) is 31.7. The molecule has 0 spiro atoms. The number of rotatable bonds is 11. The van der Waals surface area contributed by atoms with Gasteiger partial charge >= 0.3 is 0 Å². The van der Waals surface area contributed by atoms with Gasteiger partial charge in [-0.1, -0.05) is 249 Å². The molecule has 9 nitrogen and oxygen atoms in total. The van der Waals surface area contributed by atoms with E-state index in [0.29, 0.717) is 34.9 Å². The Morgan fingerprint density at radius 2 is 0.638 bits per heavy atom. The second kappa shape index (κ2) is 22.7. The van der Waals surface area contributed by atoms with Crippen LogP contribution >= 0.6 is 0 Å². The molecule has 2 aliphatic rings. The highest BCUT2D eigenvalue weighted by atomic mass is 15.2. The van der Waals surface area contributed by atoms with Crippen LogP contribution in [0.15, 0.2) is 328 Å². The molecule has 0 saturated carbocycles. The van der Waals surface area contributed by atoms with Gasteiger partial charge in [0, 0.05) is 78.2 Å². The number of benzene rings is 13. The number of hydrogen-bond acceptors (Lipinski definition) is 8. The molecule has 0 saturated heterocycles. The lowest BCUT2D eigenvalue weighted by molar-refractivity contribution is 1.06. The van der Waals surface area contributed by atoms with Gasteiger partial charge in [-0.2, -0.15) is 0 Å². The van der Waals surface area contributed by atoms with Crippen LogP contribution in [-0.2, 0) is 0 Å². The molecule has 0 fully saturated rings. The van der Waals surface area contributed by atoms with Crippen molar-refractivity contribution in [3.63, 3.8) is 0 Å². The quantitative estimate of drug-likeness (QED) is 0.118. The van der Waals surface area contributed by atoms with E-state index in [1.54, 1.807) is 0 Å². The lowest BCUT2D eigenvalue weighted by Gasteiger charge is -2.45. The molecule has 18 rings (SSSR count). The normalized spacial score (nSPS) is 12.2. The van der Waals surface area contributed by atoms with Crippen molar-refractivity contribution in [1.29, 1.82) is 0 Å². The van der Waals surface area contributed by atoms with Crippen molar-refractivity contribution < 1.29 is 0 Å². The monoisotopic (exact) mass is 1200 g/mol. The van der Waals surface area contributed by atoms with Gasteiger partial charge in [-0.05, 0) is 112 Å². The predicted octanol–water partition coefficient (Wildman–Crippen LogP) is 18.6. The smallest absolute Gasteiger partial charge is 0.252 e. The number of hydrogen-bond donors (Lipinski definition) is 0. The topological polar surface area (TPSA) is 88.7 Å². The van der Waals surface area contributed by atoms with Gasteiger partial charge in [-0.15, -0.1) is 0 Å². The first-order chi connectivity index (χ1) is 46.6. The number of anilines is 6. The fourth-order valence-electron chi connectivity index (χ4n) is 14.0. The third-order valence-electron chi connectivity index (χ3n) is 18.3. The summed E-state index contributed by atoms with van der Waals surface area (Å²) >= 11 is 0. The van der Waals surface area contributed by atoms with E-state index in [-0.39, 0.29) is 6.71 Å². The van der Waals surface area contributed by atoms with E-state index in [4.69, 9.17) is 29.9 Å². The van der Waals surface area contributed by atoms with Gasteiger partial charge in [0.1, 0.15) is 0 Å². The molecule has 13 aromatic carbocycles. The van der Waals surface area contributed by atoms with E-state index in [0.717, 1.165) is 112 Å². The maximum absolute atomic E-state index is 5.59. The summed E-state index contributed by atoms with van der Waals surface area (Å²) in [5, 5.41) is 2.26. The summed E-state index contributed by atoms with van der Waals surface area (Å²) in [4.78, 5) is 36.9. The van der Waals surface area contributed by atoms with E-state index >= 15 is 0 Å². The molecule has 0 aliphatic carbocycles. The molecule has 94 heavy (non-hydrogen) atoms. The summed E-state index contributed by atoms with van der Waals surface area (Å²) in [6, 6.07) is 116. The Kier molecular flexibility index (Phi) is 13.1. The molecular weight excluding hydrogens is 1150 g/mol. The van der Waals surface area contributed by atoms with Crippen LogP contribution in [0.2, 0.25) is 0 Å². The van der Waals surface area contributed by atoms with E-state index in [2.05, 4.69) is 263 Å². The molecule has 0 radical (unpaired) electrons. The van der Waals surface area contributed by atoms with Crippen molar-refractivity contribution in [1.82, 2.24) is 34.5 Å². The number of para-hydroxylation sites is 5. The average molecular weight is 1200 g/mol. The van der Waals surface area contributed by atoms with Gasteiger partial charge in [-0.3, -0.25) is 0 Å². The summed E-state index contributed by atoms with van der Waals surface area (Å²) in [7, 11) is 0. The zero-order chi connectivity index (χ0) is 62.1. The molecule has 5 heterocycles. The Bertz CT molecular complexity index is 5490. The van der Waals surface area contributed by atoms with Crippen LogP contribution in [0.1, 0.15) is 0 Å². The van der Waals surface area contributed by atoms with Gasteiger partial charge < -0.3 is 14.4 Å². The number of nitrogens with zero attached hydrogens (tertiary/aromatic N) is 9. The predicted molar refractivity (Wildman–Crippen MR) is 385 cm³/mol. The van der Waals surface area contributed by atoms with Crippen LogP contribution < -0.4 is 26.2 Å². The highest BCUT2D eigenvalue weighted by Crippen LogP contribution is 2.48. The first kappa shape index (κ1) is 54.3. The molecule has 3 aromatic heterocycles. The maximum atomic E-state index is 5.59. The minimum Gasteiger partial charge on any atom is -0.311 e. The van der Waals surface area contributed by atoms with E-state index in [9.17, 15) is 0 Å². The van der Waals surface area contributed by atoms with Crippen LogP contribution in [0.25, 0.3) is 118 Å². The second-order valence-corrected chi connectivity index (χ2v) is 23.8. The van der Waals surface area contributed by atoms with Gasteiger partial charge in [0.25, 0.3) is 6.71 Å². The summed E-state index contributed by atoms with van der Waals surface area (Å²) in [5.41, 5.74) is 23.0. The molecule has 0 bridgehead atoms. The molecule has 0 unspecified atom stereocenters.